The molecule has 25 heavy (non-hydrogen) atoms. The SMILES string of the molecule is COc1cccc(NC(N)=NCc2ccccc2N2CCCCC2)c1. The Morgan fingerprint density at radius 3 is 2.72 bits per heavy atom. The maximum absolute atomic E-state index is 6.06. The molecule has 1 heterocycles. The first kappa shape index (κ1) is 17.1. The highest BCUT2D eigenvalue weighted by Gasteiger charge is 2.13. The summed E-state index contributed by atoms with van der Waals surface area (Å²) in [5.41, 5.74) is 9.41. The van der Waals surface area contributed by atoms with Gasteiger partial charge in [0.15, 0.2) is 5.96 Å². The van der Waals surface area contributed by atoms with Crippen molar-refractivity contribution in [3.8, 4) is 5.75 Å². The van der Waals surface area contributed by atoms with Crippen molar-refractivity contribution in [2.24, 2.45) is 10.7 Å². The van der Waals surface area contributed by atoms with Gasteiger partial charge < -0.3 is 20.7 Å². The number of rotatable bonds is 5. The summed E-state index contributed by atoms with van der Waals surface area (Å²) in [6, 6.07) is 16.1. The standard InChI is InChI=1S/C20H26N4O/c1-25-18-10-7-9-17(14-18)23-20(21)22-15-16-8-3-4-11-19(16)24-12-5-2-6-13-24/h3-4,7-11,14H,2,5-6,12-13,15H2,1H3,(H3,21,22,23). The monoisotopic (exact) mass is 338 g/mol. The van der Waals surface area contributed by atoms with E-state index in [0.717, 1.165) is 24.5 Å². The van der Waals surface area contributed by atoms with Gasteiger partial charge in [-0.3, -0.25) is 0 Å². The minimum absolute atomic E-state index is 0.404. The van der Waals surface area contributed by atoms with Gasteiger partial charge in [-0.05, 0) is 43.0 Å². The molecule has 0 aromatic heterocycles. The molecular formula is C20H26N4O. The molecule has 2 aromatic rings. The summed E-state index contributed by atoms with van der Waals surface area (Å²) in [4.78, 5) is 6.97. The van der Waals surface area contributed by atoms with Crippen LogP contribution in [0.5, 0.6) is 5.75 Å². The number of aliphatic imine (C=N–C) groups is 1. The molecule has 0 unspecified atom stereocenters. The lowest BCUT2D eigenvalue weighted by Crippen LogP contribution is -2.30. The Hall–Kier alpha value is -2.69. The molecule has 0 amide bonds. The van der Waals surface area contributed by atoms with E-state index < -0.39 is 0 Å². The van der Waals surface area contributed by atoms with Crippen LogP contribution in [-0.2, 0) is 6.54 Å². The number of anilines is 2. The number of piperidine rings is 1. The molecule has 1 aliphatic heterocycles. The molecule has 1 saturated heterocycles. The van der Waals surface area contributed by atoms with Crippen LogP contribution in [0.4, 0.5) is 11.4 Å². The number of nitrogens with zero attached hydrogens (tertiary/aromatic N) is 2. The van der Waals surface area contributed by atoms with Crippen molar-refractivity contribution in [3.05, 3.63) is 54.1 Å². The Balaban J connectivity index is 1.68. The molecule has 3 N–H and O–H groups in total. The number of para-hydroxylation sites is 1. The molecule has 5 nitrogen and oxygen atoms in total. The molecular weight excluding hydrogens is 312 g/mol. The van der Waals surface area contributed by atoms with Crippen molar-refractivity contribution >= 4 is 17.3 Å². The second-order valence-electron chi connectivity index (χ2n) is 6.23. The average molecular weight is 338 g/mol. The van der Waals surface area contributed by atoms with Crippen molar-refractivity contribution in [1.82, 2.24) is 0 Å². The van der Waals surface area contributed by atoms with Crippen molar-refractivity contribution < 1.29 is 4.74 Å². The van der Waals surface area contributed by atoms with Crippen LogP contribution in [0.2, 0.25) is 0 Å². The van der Waals surface area contributed by atoms with E-state index in [4.69, 9.17) is 10.5 Å². The van der Waals surface area contributed by atoms with E-state index in [9.17, 15) is 0 Å². The van der Waals surface area contributed by atoms with E-state index in [1.807, 2.05) is 24.3 Å². The second kappa shape index (κ2) is 8.42. The molecule has 0 bridgehead atoms. The Bertz CT molecular complexity index is 723. The minimum atomic E-state index is 0.404. The lowest BCUT2D eigenvalue weighted by molar-refractivity contribution is 0.415. The number of guanidine groups is 1. The predicted octanol–water partition coefficient (Wildman–Crippen LogP) is 3.61. The number of benzene rings is 2. The minimum Gasteiger partial charge on any atom is -0.497 e. The molecule has 0 aliphatic carbocycles. The smallest absolute Gasteiger partial charge is 0.193 e. The van der Waals surface area contributed by atoms with E-state index in [1.165, 1.54) is 30.5 Å². The lowest BCUT2D eigenvalue weighted by atomic mass is 10.1. The first-order valence-corrected chi connectivity index (χ1v) is 8.80. The van der Waals surface area contributed by atoms with Crippen LogP contribution >= 0.6 is 0 Å². The van der Waals surface area contributed by atoms with Crippen molar-refractivity contribution in [3.63, 3.8) is 0 Å². The summed E-state index contributed by atoms with van der Waals surface area (Å²) in [6.45, 7) is 2.81. The van der Waals surface area contributed by atoms with Gasteiger partial charge >= 0.3 is 0 Å². The molecule has 3 rings (SSSR count). The summed E-state index contributed by atoms with van der Waals surface area (Å²) >= 11 is 0. The van der Waals surface area contributed by atoms with Gasteiger partial charge in [-0.1, -0.05) is 24.3 Å². The van der Waals surface area contributed by atoms with Crippen LogP contribution in [0.15, 0.2) is 53.5 Å². The first-order valence-electron chi connectivity index (χ1n) is 8.80. The van der Waals surface area contributed by atoms with Crippen LogP contribution < -0.4 is 20.7 Å². The molecule has 0 spiro atoms. The molecule has 2 aromatic carbocycles. The largest absolute Gasteiger partial charge is 0.497 e. The summed E-state index contributed by atoms with van der Waals surface area (Å²) in [7, 11) is 1.65. The fraction of sp³-hybridized carbons (Fsp3) is 0.350. The van der Waals surface area contributed by atoms with Gasteiger partial charge in [0.2, 0.25) is 0 Å². The van der Waals surface area contributed by atoms with Crippen LogP contribution in [0.1, 0.15) is 24.8 Å². The summed E-state index contributed by atoms with van der Waals surface area (Å²) in [5, 5.41) is 3.12. The van der Waals surface area contributed by atoms with Crippen LogP contribution in [0.3, 0.4) is 0 Å². The fourth-order valence-electron chi connectivity index (χ4n) is 3.15. The fourth-order valence-corrected chi connectivity index (χ4v) is 3.15. The van der Waals surface area contributed by atoms with E-state index in [1.54, 1.807) is 7.11 Å². The van der Waals surface area contributed by atoms with Crippen molar-refractivity contribution in [1.29, 1.82) is 0 Å². The quantitative estimate of drug-likeness (QED) is 0.646. The number of nitrogens with one attached hydrogen (secondary N) is 1. The zero-order chi connectivity index (χ0) is 17.5. The third-order valence-electron chi connectivity index (χ3n) is 4.45. The normalized spacial score (nSPS) is 15.1. The predicted molar refractivity (Wildman–Crippen MR) is 104 cm³/mol. The summed E-state index contributed by atoms with van der Waals surface area (Å²) in [5.74, 6) is 1.19. The highest BCUT2D eigenvalue weighted by molar-refractivity contribution is 5.92. The van der Waals surface area contributed by atoms with Crippen LogP contribution in [0, 0.1) is 0 Å². The van der Waals surface area contributed by atoms with Gasteiger partial charge in [0.1, 0.15) is 5.75 Å². The van der Waals surface area contributed by atoms with E-state index >= 15 is 0 Å². The Morgan fingerprint density at radius 2 is 1.92 bits per heavy atom. The molecule has 0 atom stereocenters. The van der Waals surface area contributed by atoms with Gasteiger partial charge in [0, 0.05) is 30.5 Å². The third-order valence-corrected chi connectivity index (χ3v) is 4.45. The number of hydrogen-bond donors (Lipinski definition) is 2. The lowest BCUT2D eigenvalue weighted by Gasteiger charge is -2.30. The molecule has 1 aliphatic rings. The van der Waals surface area contributed by atoms with Crippen LogP contribution in [-0.4, -0.2) is 26.2 Å². The van der Waals surface area contributed by atoms with Crippen molar-refractivity contribution in [2.45, 2.75) is 25.8 Å². The van der Waals surface area contributed by atoms with Crippen LogP contribution in [0.25, 0.3) is 0 Å². The Labute approximate surface area is 149 Å². The second-order valence-corrected chi connectivity index (χ2v) is 6.23. The van der Waals surface area contributed by atoms with Gasteiger partial charge in [0.05, 0.1) is 13.7 Å². The molecule has 5 heteroatoms. The number of methoxy groups -OCH3 is 1. The third kappa shape index (κ3) is 4.66. The molecule has 1 fully saturated rings. The van der Waals surface area contributed by atoms with E-state index in [-0.39, 0.29) is 0 Å². The van der Waals surface area contributed by atoms with Gasteiger partial charge in [0.25, 0.3) is 0 Å². The molecule has 0 saturated carbocycles. The summed E-state index contributed by atoms with van der Waals surface area (Å²) in [6.07, 6.45) is 3.85. The highest BCUT2D eigenvalue weighted by Crippen LogP contribution is 2.24. The Morgan fingerprint density at radius 1 is 1.12 bits per heavy atom. The maximum Gasteiger partial charge on any atom is 0.193 e. The van der Waals surface area contributed by atoms with Gasteiger partial charge in [-0.25, -0.2) is 4.99 Å². The highest BCUT2D eigenvalue weighted by atomic mass is 16.5. The zero-order valence-corrected chi connectivity index (χ0v) is 14.7. The maximum atomic E-state index is 6.06. The average Bonchev–Trinajstić information content (AvgIpc) is 2.67. The zero-order valence-electron chi connectivity index (χ0n) is 14.7. The van der Waals surface area contributed by atoms with Gasteiger partial charge in [-0.15, -0.1) is 0 Å². The summed E-state index contributed by atoms with van der Waals surface area (Å²) < 4.78 is 5.22. The van der Waals surface area contributed by atoms with Crippen molar-refractivity contribution in [2.75, 3.05) is 30.4 Å². The van der Waals surface area contributed by atoms with Gasteiger partial charge in [-0.2, -0.15) is 0 Å². The Kier molecular flexibility index (Phi) is 5.77. The van der Waals surface area contributed by atoms with E-state index in [0.29, 0.717) is 12.5 Å². The number of ether oxygens (including phenoxy) is 1. The molecule has 132 valence electrons. The number of hydrogen-bond acceptors (Lipinski definition) is 3. The van der Waals surface area contributed by atoms with E-state index in [2.05, 4.69) is 39.5 Å². The number of nitrogens with two attached hydrogens (primary N) is 1. The molecule has 0 radical (unpaired) electrons. The first-order chi connectivity index (χ1) is 12.3. The topological polar surface area (TPSA) is 62.9 Å².